The highest BCUT2D eigenvalue weighted by atomic mass is 32.2. The van der Waals surface area contributed by atoms with E-state index in [-0.39, 0.29) is 5.91 Å². The molecule has 8 nitrogen and oxygen atoms in total. The van der Waals surface area contributed by atoms with Crippen LogP contribution in [0.4, 0.5) is 11.6 Å². The zero-order chi connectivity index (χ0) is 31.1. The van der Waals surface area contributed by atoms with Crippen LogP contribution in [-0.2, 0) is 22.7 Å². The Morgan fingerprint density at radius 2 is 1.63 bits per heavy atom. The maximum atomic E-state index is 13.9. The first-order chi connectivity index (χ1) is 20.4. The van der Waals surface area contributed by atoms with Gasteiger partial charge in [0.15, 0.2) is 0 Å². The average Bonchev–Trinajstić information content (AvgIpc) is 3.68. The summed E-state index contributed by atoms with van der Waals surface area (Å²) in [5.74, 6) is 5.79. The predicted octanol–water partition coefficient (Wildman–Crippen LogP) is 4.10. The molecule has 2 aromatic carbocycles. The van der Waals surface area contributed by atoms with Crippen LogP contribution in [0.25, 0.3) is 0 Å². The van der Waals surface area contributed by atoms with Gasteiger partial charge in [0, 0.05) is 48.2 Å². The Bertz CT molecular complexity index is 1450. The Balaban J connectivity index is 1.69. The lowest BCUT2D eigenvalue weighted by molar-refractivity contribution is 0.0795. The molecular weight excluding hydrogens is 558 g/mol. The van der Waals surface area contributed by atoms with Gasteiger partial charge in [0.1, 0.15) is 11.6 Å². The maximum absolute atomic E-state index is 13.9. The number of carbonyl (C=O) groups excluding carboxylic acids is 1. The van der Waals surface area contributed by atoms with Gasteiger partial charge in [-0.3, -0.25) is 9.10 Å². The molecule has 0 bridgehead atoms. The largest absolute Gasteiger partial charge is 0.391 e. The van der Waals surface area contributed by atoms with Crippen LogP contribution < -0.4 is 14.5 Å². The fourth-order valence-corrected chi connectivity index (χ4v) is 5.62. The summed E-state index contributed by atoms with van der Waals surface area (Å²) < 4.78 is 14.5. The highest BCUT2D eigenvalue weighted by Gasteiger charge is 2.35. The Morgan fingerprint density at radius 3 is 2.19 bits per heavy atom. The Hall–Kier alpha value is -3.40. The molecular formula is C34H47N5O3S. The Morgan fingerprint density at radius 1 is 1.05 bits per heavy atom. The van der Waals surface area contributed by atoms with Gasteiger partial charge in [-0.05, 0) is 74.3 Å². The van der Waals surface area contributed by atoms with E-state index in [4.69, 9.17) is 4.98 Å². The van der Waals surface area contributed by atoms with Gasteiger partial charge in [0.2, 0.25) is 0 Å². The van der Waals surface area contributed by atoms with E-state index in [1.807, 2.05) is 73.6 Å². The highest BCUT2D eigenvalue weighted by Crippen LogP contribution is 2.39. The van der Waals surface area contributed by atoms with E-state index in [0.29, 0.717) is 55.0 Å². The van der Waals surface area contributed by atoms with Crippen molar-refractivity contribution in [1.29, 1.82) is 0 Å². The summed E-state index contributed by atoms with van der Waals surface area (Å²) in [4.78, 5) is 23.1. The van der Waals surface area contributed by atoms with Crippen LogP contribution in [0.2, 0.25) is 0 Å². The maximum Gasteiger partial charge on any atom is 0.251 e. The van der Waals surface area contributed by atoms with Crippen molar-refractivity contribution < 1.29 is 14.1 Å². The number of amides is 1. The molecule has 0 aliphatic heterocycles. The third kappa shape index (κ3) is 9.55. The summed E-state index contributed by atoms with van der Waals surface area (Å²) in [6, 6.07) is 23.1. The van der Waals surface area contributed by atoms with Crippen molar-refractivity contribution in [2.45, 2.75) is 44.9 Å². The van der Waals surface area contributed by atoms with Crippen molar-refractivity contribution in [2.75, 3.05) is 49.7 Å². The van der Waals surface area contributed by atoms with Gasteiger partial charge in [0.25, 0.3) is 5.91 Å². The Kier molecular flexibility index (Phi) is 10.9. The molecule has 1 saturated carbocycles. The van der Waals surface area contributed by atoms with E-state index in [1.165, 1.54) is 0 Å². The van der Waals surface area contributed by atoms with Crippen LogP contribution in [0, 0.1) is 11.8 Å². The van der Waals surface area contributed by atoms with Crippen LogP contribution in [0.15, 0.2) is 72.8 Å². The molecule has 1 amide bonds. The van der Waals surface area contributed by atoms with Gasteiger partial charge in [-0.2, -0.15) is 0 Å². The first-order valence-corrected chi connectivity index (χ1v) is 17.0. The smallest absolute Gasteiger partial charge is 0.251 e. The van der Waals surface area contributed by atoms with Crippen LogP contribution in [-0.4, -0.2) is 83.6 Å². The monoisotopic (exact) mass is 605 g/mol. The molecule has 4 rings (SSSR count). The van der Waals surface area contributed by atoms with E-state index in [9.17, 15) is 14.1 Å². The van der Waals surface area contributed by atoms with Crippen molar-refractivity contribution in [1.82, 2.24) is 15.2 Å². The highest BCUT2D eigenvalue weighted by molar-refractivity contribution is 8.00. The summed E-state index contributed by atoms with van der Waals surface area (Å²) in [5.41, 5.74) is 2.57. The number of carbonyl (C=O) groups is 1. The van der Waals surface area contributed by atoms with E-state index in [1.54, 1.807) is 23.7 Å². The zero-order valence-corrected chi connectivity index (χ0v) is 27.0. The molecule has 1 aliphatic rings. The van der Waals surface area contributed by atoms with Gasteiger partial charge >= 0.3 is 0 Å². The first-order valence-electron chi connectivity index (χ1n) is 15.0. The molecule has 0 saturated heterocycles. The summed E-state index contributed by atoms with van der Waals surface area (Å²) >= 11 is 0. The van der Waals surface area contributed by atoms with Gasteiger partial charge in [-0.1, -0.05) is 67.6 Å². The lowest BCUT2D eigenvalue weighted by Gasteiger charge is -2.28. The second-order valence-corrected chi connectivity index (χ2v) is 14.8. The van der Waals surface area contributed by atoms with Crippen LogP contribution in [0.1, 0.15) is 41.3 Å². The fourth-order valence-electron chi connectivity index (χ4n) is 5.13. The lowest BCUT2D eigenvalue weighted by Crippen LogP contribution is -2.46. The zero-order valence-electron chi connectivity index (χ0n) is 26.1. The topological polar surface area (TPSA) is 89.0 Å². The number of nitrogens with zero attached hydrogens (tertiary/aromatic N) is 4. The number of aromatic nitrogens is 1. The van der Waals surface area contributed by atoms with Crippen molar-refractivity contribution in [3.63, 3.8) is 0 Å². The minimum Gasteiger partial charge on any atom is -0.391 e. The summed E-state index contributed by atoms with van der Waals surface area (Å²) in [7, 11) is 2.98. The summed E-state index contributed by atoms with van der Waals surface area (Å²) in [5, 5.41) is 14.3. The lowest BCUT2D eigenvalue weighted by atomic mass is 9.98. The normalized spacial score (nSPS) is 18.9. The quantitative estimate of drug-likeness (QED) is 0.254. The molecule has 232 valence electrons. The predicted molar refractivity (Wildman–Crippen MR) is 179 cm³/mol. The van der Waals surface area contributed by atoms with E-state index in [2.05, 4.69) is 35.1 Å². The second-order valence-electron chi connectivity index (χ2n) is 12.3. The number of nitrogens with one attached hydrogen (secondary N) is 1. The van der Waals surface area contributed by atoms with Crippen molar-refractivity contribution in [2.24, 2.45) is 11.8 Å². The SMILES string of the molecule is C=S(C)(=O)N(C)c1cc(C(=O)N[C@@H](Cc2ccccc2)C(O)CCN(C)C)cc(N(Cc2ccccc2)CC2CC2C)n1. The number of aliphatic hydroxyl groups excluding tert-OH is 1. The molecule has 1 heterocycles. The van der Waals surface area contributed by atoms with Crippen molar-refractivity contribution in [3.05, 3.63) is 89.5 Å². The van der Waals surface area contributed by atoms with Crippen LogP contribution >= 0.6 is 0 Å². The molecule has 0 radical (unpaired) electrons. The van der Waals surface area contributed by atoms with Gasteiger partial charge in [0.05, 0.1) is 12.1 Å². The van der Waals surface area contributed by atoms with E-state index in [0.717, 1.165) is 24.1 Å². The fraction of sp³-hybridized carbons (Fsp3) is 0.441. The number of hydrogen-bond acceptors (Lipinski definition) is 6. The molecule has 9 heteroatoms. The number of aliphatic hydroxyl groups is 1. The minimum atomic E-state index is -2.64. The molecule has 43 heavy (non-hydrogen) atoms. The molecule has 0 spiro atoms. The van der Waals surface area contributed by atoms with E-state index < -0.39 is 21.9 Å². The number of rotatable bonds is 15. The minimum absolute atomic E-state index is 0.311. The summed E-state index contributed by atoms with van der Waals surface area (Å²) in [6.07, 6.45) is 2.99. The van der Waals surface area contributed by atoms with Crippen LogP contribution in [0.5, 0.6) is 0 Å². The second kappa shape index (κ2) is 14.4. The standard InChI is InChI=1S/C34H47N5O3S/c1-25-19-29(25)24-39(23-27-15-11-8-12-16-27)33-22-28(21-32(36-33)38(4)43(5,6)42)34(41)35-30(31(40)17-18-37(2)3)20-26-13-9-7-10-14-26/h7-16,21-22,25,29-31,40H,5,17-20,23-24H2,1-4,6H3,(H,35,41)/t25?,29?,30-,31?,43?/m0/s1. The van der Waals surface area contributed by atoms with Gasteiger partial charge in [-0.15, -0.1) is 0 Å². The van der Waals surface area contributed by atoms with Crippen molar-refractivity contribution >= 4 is 33.1 Å². The van der Waals surface area contributed by atoms with E-state index >= 15 is 0 Å². The van der Waals surface area contributed by atoms with Gasteiger partial charge in [-0.25, -0.2) is 9.19 Å². The molecule has 2 N–H and O–H groups in total. The number of benzene rings is 2. The first kappa shape index (κ1) is 32.5. The third-order valence-electron chi connectivity index (χ3n) is 8.19. The third-order valence-corrected chi connectivity index (χ3v) is 9.53. The van der Waals surface area contributed by atoms with Gasteiger partial charge < -0.3 is 20.2 Å². The molecule has 3 aromatic rings. The van der Waals surface area contributed by atoms with Crippen LogP contribution in [0.3, 0.4) is 0 Å². The number of hydrogen-bond donors (Lipinski definition) is 2. The Labute approximate surface area is 257 Å². The average molecular weight is 606 g/mol. The molecule has 1 fully saturated rings. The number of anilines is 2. The summed E-state index contributed by atoms with van der Waals surface area (Å²) in [6.45, 7) is 4.39. The molecule has 1 aliphatic carbocycles. The number of pyridine rings is 1. The molecule has 1 aromatic heterocycles. The molecule has 5 atom stereocenters. The molecule has 4 unspecified atom stereocenters. The van der Waals surface area contributed by atoms with Crippen molar-refractivity contribution in [3.8, 4) is 0 Å².